The fourth-order valence-corrected chi connectivity index (χ4v) is 4.71. The zero-order valence-electron chi connectivity index (χ0n) is 14.4. The summed E-state index contributed by atoms with van der Waals surface area (Å²) in [6, 6.07) is 13.6. The first kappa shape index (κ1) is 19.4. The average Bonchev–Trinajstić information content (AvgIpc) is 3.09. The molecule has 0 fully saturated rings. The number of rotatable bonds is 6. The summed E-state index contributed by atoms with van der Waals surface area (Å²) < 4.78 is 29.5. The molecule has 0 saturated heterocycles. The fourth-order valence-electron chi connectivity index (χ4n) is 2.91. The average molecular weight is 408 g/mol. The van der Waals surface area contributed by atoms with Gasteiger partial charge in [-0.25, -0.2) is 8.42 Å². The molecule has 0 atom stereocenters. The van der Waals surface area contributed by atoms with Crippen LogP contribution >= 0.6 is 11.6 Å². The highest BCUT2D eigenvalue weighted by molar-refractivity contribution is 7.91. The number of carbonyl (C=O) groups is 2. The Morgan fingerprint density at radius 1 is 1.07 bits per heavy atom. The second kappa shape index (κ2) is 8.10. The lowest BCUT2D eigenvalue weighted by Crippen LogP contribution is -2.33. The van der Waals surface area contributed by atoms with Gasteiger partial charge in [0.25, 0.3) is 5.91 Å². The predicted octanol–water partition coefficient (Wildman–Crippen LogP) is 2.64. The normalized spacial score (nSPS) is 13.3. The molecule has 0 radical (unpaired) electrons. The van der Waals surface area contributed by atoms with Crippen molar-refractivity contribution in [1.82, 2.24) is 0 Å². The summed E-state index contributed by atoms with van der Waals surface area (Å²) >= 11 is 5.90. The summed E-state index contributed by atoms with van der Waals surface area (Å²) in [7, 11) is -3.71. The van der Waals surface area contributed by atoms with Gasteiger partial charge in [-0.1, -0.05) is 41.9 Å². The van der Waals surface area contributed by atoms with Crippen LogP contribution in [0.1, 0.15) is 12.0 Å². The maximum absolute atomic E-state index is 12.3. The number of halogens is 1. The number of nitrogens with zero attached hydrogens (tertiary/aromatic N) is 1. The number of hydrogen-bond donors (Lipinski definition) is 0. The van der Waals surface area contributed by atoms with Gasteiger partial charge in [-0.2, -0.15) is 0 Å². The van der Waals surface area contributed by atoms with E-state index in [-0.39, 0.29) is 22.2 Å². The molecule has 8 heteroatoms. The Bertz CT molecular complexity index is 974. The molecule has 0 bridgehead atoms. The summed E-state index contributed by atoms with van der Waals surface area (Å²) in [5.41, 5.74) is 1.89. The van der Waals surface area contributed by atoms with Crippen LogP contribution in [0.2, 0.25) is 5.02 Å². The Morgan fingerprint density at radius 2 is 1.78 bits per heavy atom. The minimum Gasteiger partial charge on any atom is -0.456 e. The van der Waals surface area contributed by atoms with Crippen LogP contribution < -0.4 is 4.90 Å². The third-order valence-corrected chi connectivity index (χ3v) is 6.50. The van der Waals surface area contributed by atoms with E-state index in [1.165, 1.54) is 12.1 Å². The molecule has 0 saturated carbocycles. The lowest BCUT2D eigenvalue weighted by Gasteiger charge is -2.17. The second-order valence-corrected chi connectivity index (χ2v) is 8.57. The van der Waals surface area contributed by atoms with E-state index < -0.39 is 28.2 Å². The van der Waals surface area contributed by atoms with Crippen LogP contribution in [0.15, 0.2) is 53.4 Å². The highest BCUT2D eigenvalue weighted by Crippen LogP contribution is 2.27. The minimum atomic E-state index is -3.71. The molecular formula is C19H18ClNO5S. The van der Waals surface area contributed by atoms with Crippen LogP contribution in [0, 0.1) is 0 Å². The van der Waals surface area contributed by atoms with E-state index in [1.54, 1.807) is 17.0 Å². The number of para-hydroxylation sites is 1. The Morgan fingerprint density at radius 3 is 2.56 bits per heavy atom. The molecule has 6 nitrogen and oxygen atoms in total. The molecule has 0 spiro atoms. The lowest BCUT2D eigenvalue weighted by atomic mass is 10.2. The number of anilines is 1. The first-order chi connectivity index (χ1) is 12.9. The van der Waals surface area contributed by atoms with Gasteiger partial charge < -0.3 is 9.64 Å². The van der Waals surface area contributed by atoms with Gasteiger partial charge in [0.2, 0.25) is 0 Å². The van der Waals surface area contributed by atoms with E-state index in [4.69, 9.17) is 16.3 Å². The molecule has 0 unspecified atom stereocenters. The van der Waals surface area contributed by atoms with Gasteiger partial charge in [-0.3, -0.25) is 9.59 Å². The second-order valence-electron chi connectivity index (χ2n) is 6.08. The van der Waals surface area contributed by atoms with Gasteiger partial charge in [0, 0.05) is 12.2 Å². The maximum atomic E-state index is 12.3. The number of fused-ring (bicyclic) bond motifs is 1. The van der Waals surface area contributed by atoms with E-state index in [9.17, 15) is 18.0 Å². The summed E-state index contributed by atoms with van der Waals surface area (Å²) in [4.78, 5) is 25.7. The molecule has 1 amide bonds. The van der Waals surface area contributed by atoms with Crippen LogP contribution in [0.25, 0.3) is 0 Å². The van der Waals surface area contributed by atoms with Crippen molar-refractivity contribution < 1.29 is 22.7 Å². The minimum absolute atomic E-state index is 0.0239. The van der Waals surface area contributed by atoms with Gasteiger partial charge in [-0.05, 0) is 30.2 Å². The zero-order valence-corrected chi connectivity index (χ0v) is 16.0. The van der Waals surface area contributed by atoms with E-state index in [1.807, 2.05) is 24.3 Å². The van der Waals surface area contributed by atoms with Crippen LogP contribution in [0.3, 0.4) is 0 Å². The zero-order chi connectivity index (χ0) is 19.4. The van der Waals surface area contributed by atoms with Crippen molar-refractivity contribution in [2.24, 2.45) is 0 Å². The van der Waals surface area contributed by atoms with Crippen LogP contribution in [-0.2, 0) is 30.6 Å². The molecular weight excluding hydrogens is 390 g/mol. The molecule has 0 N–H and O–H groups in total. The van der Waals surface area contributed by atoms with E-state index in [2.05, 4.69) is 0 Å². The van der Waals surface area contributed by atoms with Gasteiger partial charge in [-0.15, -0.1) is 0 Å². The van der Waals surface area contributed by atoms with Gasteiger partial charge >= 0.3 is 5.97 Å². The van der Waals surface area contributed by atoms with E-state index in [0.717, 1.165) is 17.7 Å². The molecule has 142 valence electrons. The first-order valence-electron chi connectivity index (χ1n) is 8.39. The maximum Gasteiger partial charge on any atom is 0.307 e. The molecule has 1 aliphatic heterocycles. The number of amides is 1. The number of sulfone groups is 1. The first-order valence-corrected chi connectivity index (χ1v) is 10.4. The Hall–Kier alpha value is -2.38. The largest absolute Gasteiger partial charge is 0.456 e. The molecule has 3 rings (SSSR count). The molecule has 27 heavy (non-hydrogen) atoms. The quantitative estimate of drug-likeness (QED) is 0.687. The van der Waals surface area contributed by atoms with Crippen molar-refractivity contribution in [3.63, 3.8) is 0 Å². The third kappa shape index (κ3) is 4.48. The molecule has 2 aromatic carbocycles. The van der Waals surface area contributed by atoms with Crippen LogP contribution in [0.5, 0.6) is 0 Å². The highest BCUT2D eigenvalue weighted by atomic mass is 35.5. The van der Waals surface area contributed by atoms with Gasteiger partial charge in [0.05, 0.1) is 22.1 Å². The predicted molar refractivity (Wildman–Crippen MR) is 102 cm³/mol. The van der Waals surface area contributed by atoms with Gasteiger partial charge in [0.1, 0.15) is 0 Å². The fraction of sp³-hybridized carbons (Fsp3) is 0.263. The van der Waals surface area contributed by atoms with E-state index in [0.29, 0.717) is 6.54 Å². The van der Waals surface area contributed by atoms with Crippen molar-refractivity contribution in [3.05, 3.63) is 59.1 Å². The van der Waals surface area contributed by atoms with Crippen LogP contribution in [-0.4, -0.2) is 39.2 Å². The molecule has 0 aromatic heterocycles. The van der Waals surface area contributed by atoms with Crippen molar-refractivity contribution in [2.75, 3.05) is 23.8 Å². The van der Waals surface area contributed by atoms with E-state index >= 15 is 0 Å². The SMILES string of the molecule is O=C(CCS(=O)(=O)c1ccccc1Cl)OCC(=O)N1CCc2ccccc21. The highest BCUT2D eigenvalue weighted by Gasteiger charge is 2.25. The number of carbonyl (C=O) groups excluding carboxylic acids is 2. The van der Waals surface area contributed by atoms with Crippen molar-refractivity contribution in [3.8, 4) is 0 Å². The topological polar surface area (TPSA) is 80.7 Å². The number of ether oxygens (including phenoxy) is 1. The Balaban J connectivity index is 1.52. The molecule has 1 aliphatic rings. The van der Waals surface area contributed by atoms with Crippen molar-refractivity contribution >= 4 is 39.0 Å². The third-order valence-electron chi connectivity index (χ3n) is 4.29. The number of benzene rings is 2. The molecule has 2 aromatic rings. The lowest BCUT2D eigenvalue weighted by molar-refractivity contribution is -0.147. The van der Waals surface area contributed by atoms with Gasteiger partial charge in [0.15, 0.2) is 16.4 Å². The summed E-state index contributed by atoms with van der Waals surface area (Å²) in [5.74, 6) is -1.51. The summed E-state index contributed by atoms with van der Waals surface area (Å²) in [6.45, 7) is 0.121. The van der Waals surface area contributed by atoms with Crippen molar-refractivity contribution in [2.45, 2.75) is 17.7 Å². The van der Waals surface area contributed by atoms with Crippen LogP contribution in [0.4, 0.5) is 5.69 Å². The molecule has 0 aliphatic carbocycles. The Labute approximate surface area is 162 Å². The monoisotopic (exact) mass is 407 g/mol. The summed E-state index contributed by atoms with van der Waals surface area (Å²) in [6.07, 6.45) is 0.406. The number of esters is 1. The molecule has 1 heterocycles. The van der Waals surface area contributed by atoms with Crippen molar-refractivity contribution in [1.29, 1.82) is 0 Å². The summed E-state index contributed by atoms with van der Waals surface area (Å²) in [5, 5.41) is 0.105. The standard InChI is InChI=1S/C19H18ClNO5S/c20-15-6-2-4-8-17(15)27(24,25)12-10-19(23)26-13-18(22)21-11-9-14-5-1-3-7-16(14)21/h1-8H,9-13H2. The number of hydrogen-bond acceptors (Lipinski definition) is 5. The Kier molecular flexibility index (Phi) is 5.82. The smallest absolute Gasteiger partial charge is 0.307 e.